The monoisotopic (exact) mass is 261 g/mol. The quantitative estimate of drug-likeness (QED) is 0.454. The van der Waals surface area contributed by atoms with Gasteiger partial charge in [0.05, 0.1) is 0 Å². The molecule has 0 heterocycles. The Hall–Kier alpha value is -0.540. The van der Waals surface area contributed by atoms with E-state index >= 15 is 0 Å². The fourth-order valence-electron chi connectivity index (χ4n) is 0.910. The number of alkyl halides is 1. The number of anilines is 1. The van der Waals surface area contributed by atoms with Crippen molar-refractivity contribution in [3.05, 3.63) is 29.8 Å². The minimum atomic E-state index is -0.480. The number of amides is 1. The van der Waals surface area contributed by atoms with Crippen molar-refractivity contribution in [3.63, 3.8) is 0 Å². The summed E-state index contributed by atoms with van der Waals surface area (Å²) in [6, 6.07) is 7.61. The lowest BCUT2D eigenvalue weighted by atomic mass is 10.2. The van der Waals surface area contributed by atoms with Gasteiger partial charge in [-0.05, 0) is 29.3 Å². The van der Waals surface area contributed by atoms with Crippen LogP contribution in [-0.4, -0.2) is 12.4 Å². The Labute approximate surface area is 90.6 Å². The highest BCUT2D eigenvalue weighted by Gasteiger charge is 2.06. The Morgan fingerprint density at radius 3 is 2.38 bits per heavy atom. The SMILES string of the molecule is CN(C(=O)Cl)c1ccc(CBr)cc1. The number of hydrogen-bond donors (Lipinski definition) is 0. The van der Waals surface area contributed by atoms with Crippen molar-refractivity contribution in [1.82, 2.24) is 0 Å². The summed E-state index contributed by atoms with van der Waals surface area (Å²) in [7, 11) is 1.64. The second-order valence-corrected chi connectivity index (χ2v) is 3.50. The Morgan fingerprint density at radius 1 is 1.46 bits per heavy atom. The Morgan fingerprint density at radius 2 is 2.00 bits per heavy atom. The van der Waals surface area contributed by atoms with Crippen molar-refractivity contribution in [2.45, 2.75) is 5.33 Å². The van der Waals surface area contributed by atoms with Crippen LogP contribution in [0.5, 0.6) is 0 Å². The zero-order valence-electron chi connectivity index (χ0n) is 7.13. The van der Waals surface area contributed by atoms with Gasteiger partial charge in [0.2, 0.25) is 0 Å². The molecule has 13 heavy (non-hydrogen) atoms. The van der Waals surface area contributed by atoms with Gasteiger partial charge >= 0.3 is 5.37 Å². The zero-order chi connectivity index (χ0) is 9.84. The average Bonchev–Trinajstić information content (AvgIpc) is 2.17. The minimum absolute atomic E-state index is 0.480. The van der Waals surface area contributed by atoms with E-state index in [4.69, 9.17) is 11.6 Å². The maximum Gasteiger partial charge on any atom is 0.320 e. The minimum Gasteiger partial charge on any atom is -0.302 e. The molecule has 0 saturated carbocycles. The van der Waals surface area contributed by atoms with Gasteiger partial charge in [0, 0.05) is 18.1 Å². The molecule has 1 amide bonds. The van der Waals surface area contributed by atoms with Crippen LogP contribution >= 0.6 is 27.5 Å². The number of benzene rings is 1. The number of carbonyl (C=O) groups excluding carboxylic acids is 1. The summed E-state index contributed by atoms with van der Waals surface area (Å²) in [4.78, 5) is 12.2. The summed E-state index contributed by atoms with van der Waals surface area (Å²) in [6.07, 6.45) is 0. The fraction of sp³-hybridized carbons (Fsp3) is 0.222. The average molecular weight is 263 g/mol. The van der Waals surface area contributed by atoms with Crippen molar-refractivity contribution < 1.29 is 4.79 Å². The molecule has 0 aliphatic carbocycles. The molecule has 0 N–H and O–H groups in total. The molecule has 1 aromatic carbocycles. The molecule has 0 aliphatic heterocycles. The largest absolute Gasteiger partial charge is 0.320 e. The lowest BCUT2D eigenvalue weighted by Gasteiger charge is -2.13. The first-order chi connectivity index (χ1) is 6.15. The van der Waals surface area contributed by atoms with E-state index in [0.717, 1.165) is 11.0 Å². The van der Waals surface area contributed by atoms with Crippen LogP contribution in [-0.2, 0) is 5.33 Å². The Kier molecular flexibility index (Phi) is 3.75. The summed E-state index contributed by atoms with van der Waals surface area (Å²) >= 11 is 8.66. The van der Waals surface area contributed by atoms with Crippen molar-refractivity contribution in [3.8, 4) is 0 Å². The van der Waals surface area contributed by atoms with Crippen molar-refractivity contribution in [2.24, 2.45) is 0 Å². The molecule has 70 valence electrons. The van der Waals surface area contributed by atoms with Crippen molar-refractivity contribution in [2.75, 3.05) is 11.9 Å². The van der Waals surface area contributed by atoms with Gasteiger partial charge in [-0.1, -0.05) is 28.1 Å². The number of rotatable bonds is 2. The molecular formula is C9H9BrClNO. The predicted molar refractivity (Wildman–Crippen MR) is 58.7 cm³/mol. The van der Waals surface area contributed by atoms with E-state index in [9.17, 15) is 4.79 Å². The van der Waals surface area contributed by atoms with E-state index in [0.29, 0.717) is 0 Å². The summed E-state index contributed by atoms with van der Waals surface area (Å²) in [5, 5.41) is 0.331. The van der Waals surface area contributed by atoms with Crippen molar-refractivity contribution in [1.29, 1.82) is 0 Å². The third-order valence-electron chi connectivity index (χ3n) is 1.74. The smallest absolute Gasteiger partial charge is 0.302 e. The first-order valence-electron chi connectivity index (χ1n) is 3.73. The van der Waals surface area contributed by atoms with Crippen molar-refractivity contribution >= 4 is 38.6 Å². The van der Waals surface area contributed by atoms with Crippen LogP contribution in [0.3, 0.4) is 0 Å². The van der Waals surface area contributed by atoms with Crippen LogP contribution in [0.2, 0.25) is 0 Å². The second-order valence-electron chi connectivity index (χ2n) is 2.61. The summed E-state index contributed by atoms with van der Waals surface area (Å²) in [5.41, 5.74) is 1.96. The molecule has 1 rings (SSSR count). The number of halogens is 2. The van der Waals surface area contributed by atoms with E-state index in [1.54, 1.807) is 7.05 Å². The van der Waals surface area contributed by atoms with Gasteiger partial charge in [0.15, 0.2) is 0 Å². The summed E-state index contributed by atoms with van der Waals surface area (Å²) < 4.78 is 0. The molecule has 0 spiro atoms. The number of hydrogen-bond acceptors (Lipinski definition) is 1. The molecule has 4 heteroatoms. The maximum atomic E-state index is 10.8. The Bertz CT molecular complexity index is 299. The first kappa shape index (κ1) is 10.5. The zero-order valence-corrected chi connectivity index (χ0v) is 9.47. The lowest BCUT2D eigenvalue weighted by Crippen LogP contribution is -2.19. The molecule has 2 nitrogen and oxygen atoms in total. The highest BCUT2D eigenvalue weighted by atomic mass is 79.9. The fourth-order valence-corrected chi connectivity index (χ4v) is 1.38. The molecule has 1 aromatic rings. The highest BCUT2D eigenvalue weighted by Crippen LogP contribution is 2.16. The molecule has 0 aliphatic rings. The third-order valence-corrected chi connectivity index (χ3v) is 2.64. The lowest BCUT2D eigenvalue weighted by molar-refractivity contribution is 0.265. The van der Waals surface area contributed by atoms with Crippen LogP contribution < -0.4 is 4.90 Å². The van der Waals surface area contributed by atoms with E-state index < -0.39 is 5.37 Å². The highest BCUT2D eigenvalue weighted by molar-refractivity contribution is 9.08. The van der Waals surface area contributed by atoms with E-state index in [2.05, 4.69) is 15.9 Å². The molecule has 0 fully saturated rings. The van der Waals surface area contributed by atoms with E-state index in [1.807, 2.05) is 24.3 Å². The van der Waals surface area contributed by atoms with Gasteiger partial charge in [0.25, 0.3) is 0 Å². The molecule has 0 saturated heterocycles. The van der Waals surface area contributed by atoms with Crippen LogP contribution in [0.25, 0.3) is 0 Å². The molecule has 0 aromatic heterocycles. The van der Waals surface area contributed by atoms with Gasteiger partial charge in [-0.25, -0.2) is 0 Å². The third kappa shape index (κ3) is 2.71. The molecule has 0 atom stereocenters. The van der Waals surface area contributed by atoms with Gasteiger partial charge in [0.1, 0.15) is 0 Å². The standard InChI is InChI=1S/C9H9BrClNO/c1-12(9(11)13)8-4-2-7(6-10)3-5-8/h2-5H,6H2,1H3. The maximum absolute atomic E-state index is 10.8. The van der Waals surface area contributed by atoms with E-state index in [1.165, 1.54) is 10.5 Å². The number of nitrogens with zero attached hydrogens (tertiary/aromatic N) is 1. The van der Waals surface area contributed by atoms with Crippen LogP contribution in [0.15, 0.2) is 24.3 Å². The van der Waals surface area contributed by atoms with Crippen LogP contribution in [0, 0.1) is 0 Å². The molecule has 0 bridgehead atoms. The summed E-state index contributed by atoms with van der Waals surface area (Å²) in [6.45, 7) is 0. The van der Waals surface area contributed by atoms with Gasteiger partial charge in [-0.15, -0.1) is 0 Å². The van der Waals surface area contributed by atoms with Gasteiger partial charge in [-0.3, -0.25) is 4.79 Å². The molecule has 0 unspecified atom stereocenters. The van der Waals surface area contributed by atoms with Gasteiger partial charge < -0.3 is 4.90 Å². The molecule has 0 radical (unpaired) electrons. The normalized spacial score (nSPS) is 9.77. The predicted octanol–water partition coefficient (Wildman–Crippen LogP) is 3.38. The number of carbonyl (C=O) groups is 1. The Balaban J connectivity index is 2.85. The molecular weight excluding hydrogens is 253 g/mol. The topological polar surface area (TPSA) is 20.3 Å². The van der Waals surface area contributed by atoms with Crippen LogP contribution in [0.4, 0.5) is 10.5 Å². The first-order valence-corrected chi connectivity index (χ1v) is 5.23. The van der Waals surface area contributed by atoms with E-state index in [-0.39, 0.29) is 0 Å². The summed E-state index contributed by atoms with van der Waals surface area (Å²) in [5.74, 6) is 0. The van der Waals surface area contributed by atoms with Gasteiger partial charge in [-0.2, -0.15) is 0 Å². The second kappa shape index (κ2) is 4.63. The van der Waals surface area contributed by atoms with Crippen LogP contribution in [0.1, 0.15) is 5.56 Å².